The first kappa shape index (κ1) is 10.4. The Morgan fingerprint density at radius 1 is 1.54 bits per heavy atom. The molecule has 1 amide bonds. The Morgan fingerprint density at radius 3 is 2.54 bits per heavy atom. The van der Waals surface area contributed by atoms with Crippen molar-refractivity contribution in [2.24, 2.45) is 0 Å². The van der Waals surface area contributed by atoms with Crippen molar-refractivity contribution in [1.29, 1.82) is 0 Å². The lowest BCUT2D eigenvalue weighted by atomic mass is 9.93. The number of nitrogens with zero attached hydrogens (tertiary/aromatic N) is 1. The van der Waals surface area contributed by atoms with Gasteiger partial charge in [0.25, 0.3) is 5.91 Å². The summed E-state index contributed by atoms with van der Waals surface area (Å²) < 4.78 is 5.06. The van der Waals surface area contributed by atoms with Gasteiger partial charge in [-0.05, 0) is 0 Å². The van der Waals surface area contributed by atoms with Crippen LogP contribution in [0.25, 0.3) is 0 Å². The lowest BCUT2D eigenvalue weighted by Crippen LogP contribution is -2.50. The van der Waals surface area contributed by atoms with E-state index in [2.05, 4.69) is 0 Å². The Balaban J connectivity index is 2.61. The highest BCUT2D eigenvalue weighted by Crippen LogP contribution is 2.22. The second-order valence-corrected chi connectivity index (χ2v) is 3.13. The second kappa shape index (κ2) is 4.04. The zero-order valence-electron chi connectivity index (χ0n) is 7.95. The van der Waals surface area contributed by atoms with Gasteiger partial charge < -0.3 is 9.84 Å². The Kier molecular flexibility index (Phi) is 3.24. The van der Waals surface area contributed by atoms with E-state index in [0.717, 1.165) is 5.06 Å². The minimum Gasteiger partial charge on any atom is -0.381 e. The van der Waals surface area contributed by atoms with Gasteiger partial charge in [-0.15, -0.1) is 0 Å². The van der Waals surface area contributed by atoms with Crippen LogP contribution in [0, 0.1) is 0 Å². The minimum absolute atomic E-state index is 0.333. The van der Waals surface area contributed by atoms with Gasteiger partial charge in [-0.3, -0.25) is 9.63 Å². The summed E-state index contributed by atoms with van der Waals surface area (Å²) in [5, 5.41) is 10.9. The summed E-state index contributed by atoms with van der Waals surface area (Å²) in [7, 11) is 2.87. The molecule has 1 N–H and O–H groups in total. The van der Waals surface area contributed by atoms with Crippen LogP contribution in [0.5, 0.6) is 0 Å². The molecule has 0 atom stereocenters. The van der Waals surface area contributed by atoms with Crippen LogP contribution in [0.15, 0.2) is 0 Å². The number of aliphatic hydroxyl groups is 1. The van der Waals surface area contributed by atoms with Crippen molar-refractivity contribution in [1.82, 2.24) is 5.06 Å². The first-order valence-corrected chi connectivity index (χ1v) is 4.22. The zero-order chi connectivity index (χ0) is 9.90. The van der Waals surface area contributed by atoms with Gasteiger partial charge >= 0.3 is 0 Å². The SMILES string of the molecule is CON(C)C(=O)C1(O)CCOCC1. The lowest BCUT2D eigenvalue weighted by Gasteiger charge is -2.32. The maximum Gasteiger partial charge on any atom is 0.277 e. The third-order valence-corrected chi connectivity index (χ3v) is 2.28. The molecule has 1 saturated heterocycles. The molecule has 5 nitrogen and oxygen atoms in total. The monoisotopic (exact) mass is 189 g/mol. The van der Waals surface area contributed by atoms with E-state index in [1.54, 1.807) is 0 Å². The molecule has 1 aliphatic heterocycles. The van der Waals surface area contributed by atoms with Gasteiger partial charge in [-0.25, -0.2) is 5.06 Å². The van der Waals surface area contributed by atoms with E-state index in [9.17, 15) is 9.90 Å². The number of amides is 1. The molecule has 0 bridgehead atoms. The Labute approximate surface area is 77.2 Å². The smallest absolute Gasteiger partial charge is 0.277 e. The van der Waals surface area contributed by atoms with Crippen molar-refractivity contribution in [3.05, 3.63) is 0 Å². The van der Waals surface area contributed by atoms with Gasteiger partial charge in [0.2, 0.25) is 0 Å². The standard InChI is InChI=1S/C8H15NO4/c1-9(12-2)7(10)8(11)3-5-13-6-4-8/h11H,3-6H2,1-2H3. The normalized spacial score (nSPS) is 21.2. The van der Waals surface area contributed by atoms with Crippen LogP contribution < -0.4 is 0 Å². The highest BCUT2D eigenvalue weighted by atomic mass is 16.7. The molecule has 0 aromatic heterocycles. The van der Waals surface area contributed by atoms with Crippen LogP contribution in [-0.4, -0.2) is 49.0 Å². The largest absolute Gasteiger partial charge is 0.381 e. The molecule has 1 fully saturated rings. The first-order chi connectivity index (χ1) is 6.10. The number of carbonyl (C=O) groups is 1. The molecule has 1 aliphatic rings. The lowest BCUT2D eigenvalue weighted by molar-refractivity contribution is -0.195. The Bertz CT molecular complexity index is 189. The summed E-state index contributed by atoms with van der Waals surface area (Å²) in [6.45, 7) is 0.833. The summed E-state index contributed by atoms with van der Waals surface area (Å²) in [5.74, 6) is -0.404. The highest BCUT2D eigenvalue weighted by molar-refractivity contribution is 5.83. The maximum absolute atomic E-state index is 11.5. The molecular formula is C8H15NO4. The van der Waals surface area contributed by atoms with Crippen molar-refractivity contribution in [3.8, 4) is 0 Å². The number of hydrogen-bond acceptors (Lipinski definition) is 4. The molecule has 76 valence electrons. The zero-order valence-corrected chi connectivity index (χ0v) is 7.95. The molecule has 0 saturated carbocycles. The summed E-state index contributed by atoms with van der Waals surface area (Å²) in [5.41, 5.74) is -1.30. The second-order valence-electron chi connectivity index (χ2n) is 3.13. The Hall–Kier alpha value is -0.650. The van der Waals surface area contributed by atoms with E-state index in [4.69, 9.17) is 9.57 Å². The fourth-order valence-corrected chi connectivity index (χ4v) is 1.30. The quantitative estimate of drug-likeness (QED) is 0.598. The van der Waals surface area contributed by atoms with Gasteiger partial charge in [-0.2, -0.15) is 0 Å². The van der Waals surface area contributed by atoms with Crippen LogP contribution in [-0.2, 0) is 14.4 Å². The average molecular weight is 189 g/mol. The predicted octanol–water partition coefficient (Wildman–Crippen LogP) is -0.452. The van der Waals surface area contributed by atoms with Crippen molar-refractivity contribution < 1.29 is 19.5 Å². The topological polar surface area (TPSA) is 59.0 Å². The van der Waals surface area contributed by atoms with Crippen LogP contribution in [0.4, 0.5) is 0 Å². The molecule has 0 radical (unpaired) electrons. The molecular weight excluding hydrogens is 174 g/mol. The molecule has 0 aromatic carbocycles. The van der Waals surface area contributed by atoms with E-state index in [1.165, 1.54) is 14.2 Å². The Morgan fingerprint density at radius 2 is 2.08 bits per heavy atom. The molecule has 0 aliphatic carbocycles. The third kappa shape index (κ3) is 2.18. The minimum atomic E-state index is -1.30. The van der Waals surface area contributed by atoms with Crippen molar-refractivity contribution >= 4 is 5.91 Å². The van der Waals surface area contributed by atoms with Crippen LogP contribution >= 0.6 is 0 Å². The van der Waals surface area contributed by atoms with E-state index in [0.29, 0.717) is 26.1 Å². The molecule has 0 spiro atoms. The van der Waals surface area contributed by atoms with Crippen LogP contribution in [0.3, 0.4) is 0 Å². The first-order valence-electron chi connectivity index (χ1n) is 4.22. The van der Waals surface area contributed by atoms with Gasteiger partial charge in [0, 0.05) is 33.1 Å². The van der Waals surface area contributed by atoms with Gasteiger partial charge in [0.05, 0.1) is 7.11 Å². The fourth-order valence-electron chi connectivity index (χ4n) is 1.30. The van der Waals surface area contributed by atoms with E-state index in [-0.39, 0.29) is 0 Å². The van der Waals surface area contributed by atoms with Crippen LogP contribution in [0.1, 0.15) is 12.8 Å². The number of likely N-dealkylation sites (N-methyl/N-ethyl adjacent to an activating group) is 1. The van der Waals surface area contributed by atoms with Crippen molar-refractivity contribution in [2.75, 3.05) is 27.4 Å². The summed E-state index contributed by atoms with van der Waals surface area (Å²) >= 11 is 0. The summed E-state index contributed by atoms with van der Waals surface area (Å²) in [6, 6.07) is 0. The number of ether oxygens (including phenoxy) is 1. The van der Waals surface area contributed by atoms with Crippen LogP contribution in [0.2, 0.25) is 0 Å². The van der Waals surface area contributed by atoms with Gasteiger partial charge in [-0.1, -0.05) is 0 Å². The molecule has 0 unspecified atom stereocenters. The van der Waals surface area contributed by atoms with E-state index < -0.39 is 11.5 Å². The number of carbonyl (C=O) groups excluding carboxylic acids is 1. The van der Waals surface area contributed by atoms with E-state index >= 15 is 0 Å². The molecule has 1 heterocycles. The molecule has 13 heavy (non-hydrogen) atoms. The fraction of sp³-hybridized carbons (Fsp3) is 0.875. The maximum atomic E-state index is 11.5. The number of rotatable bonds is 2. The number of hydrogen-bond donors (Lipinski definition) is 1. The van der Waals surface area contributed by atoms with Gasteiger partial charge in [0.1, 0.15) is 5.60 Å². The molecule has 5 heteroatoms. The van der Waals surface area contributed by atoms with Crippen molar-refractivity contribution in [3.63, 3.8) is 0 Å². The predicted molar refractivity (Wildman–Crippen MR) is 44.8 cm³/mol. The highest BCUT2D eigenvalue weighted by Gasteiger charge is 2.39. The summed E-state index contributed by atoms with van der Waals surface area (Å²) in [4.78, 5) is 16.3. The molecule has 1 rings (SSSR count). The van der Waals surface area contributed by atoms with E-state index in [1.807, 2.05) is 0 Å². The van der Waals surface area contributed by atoms with Crippen molar-refractivity contribution in [2.45, 2.75) is 18.4 Å². The molecule has 0 aromatic rings. The third-order valence-electron chi connectivity index (χ3n) is 2.28. The number of hydroxylamine groups is 2. The average Bonchev–Trinajstić information content (AvgIpc) is 2.16. The van der Waals surface area contributed by atoms with Gasteiger partial charge in [0.15, 0.2) is 0 Å². The summed E-state index contributed by atoms with van der Waals surface area (Å²) in [6.07, 6.45) is 0.666.